The van der Waals surface area contributed by atoms with E-state index in [2.05, 4.69) is 19.9 Å². The second-order valence-corrected chi connectivity index (χ2v) is 21.8. The molecule has 0 aliphatic carbocycles. The number of carbonyl (C=O) groups excluding carboxylic acids is 12. The normalized spacial score (nSPS) is 11.9. The lowest BCUT2D eigenvalue weighted by Crippen LogP contribution is -2.09. The quantitative estimate of drug-likeness (QED) is 0.0329. The zero-order valence-electron chi connectivity index (χ0n) is 55.4. The van der Waals surface area contributed by atoms with E-state index in [1.807, 2.05) is 0 Å². The van der Waals surface area contributed by atoms with Crippen LogP contribution in [0.2, 0.25) is 0 Å². The molecular formula is C66H76N6O24. The lowest BCUT2D eigenvalue weighted by molar-refractivity contribution is -0.141. The third kappa shape index (κ3) is 16.1. The minimum atomic E-state index is -0.825. The Morgan fingerprint density at radius 2 is 0.396 bits per heavy atom. The lowest BCUT2D eigenvalue weighted by atomic mass is 9.93. The minimum Gasteiger partial charge on any atom is -0.469 e. The van der Waals surface area contributed by atoms with Gasteiger partial charge in [0.1, 0.15) is 0 Å². The predicted octanol–water partition coefficient (Wildman–Crippen LogP) is 5.42. The summed E-state index contributed by atoms with van der Waals surface area (Å²) in [5, 5.41) is 0. The Morgan fingerprint density at radius 1 is 0.219 bits per heavy atom. The molecule has 4 N–H and O–H groups in total. The Hall–Kier alpha value is -10.7. The molecule has 12 bridgehead atoms. The summed E-state index contributed by atoms with van der Waals surface area (Å²) in [6.45, 7) is 0. The zero-order valence-corrected chi connectivity index (χ0v) is 55.4. The Morgan fingerprint density at radius 3 is 0.656 bits per heavy atom. The van der Waals surface area contributed by atoms with E-state index in [0.717, 1.165) is 42.7 Å². The number of nitrogens with zero attached hydrogens (tertiary/aromatic N) is 2. The van der Waals surface area contributed by atoms with Crippen molar-refractivity contribution in [1.82, 2.24) is 29.9 Å². The van der Waals surface area contributed by atoms with E-state index in [1.54, 1.807) is 0 Å². The monoisotopic (exact) mass is 1340 g/mol. The SMILES string of the molecule is COC(=O)CCC1=C(CC(=O)OC)c2nc1c1[nH]c(c3nc(c4[nH]c(c(CC(=O)OC)c4CCC(=O)OC)c4[nH]c(c(CCC(=O)OC)c4CC(=O)OC)c4[nH]c2c(CC(=O)OC)c4CCC(=O)OC)C(CCC(=O)OC)=C3CC(=O)OC)c(CC(=O)OC)c1CCC(=O)OC. The number of rotatable bonds is 30. The highest BCUT2D eigenvalue weighted by Gasteiger charge is 2.36. The van der Waals surface area contributed by atoms with E-state index in [1.165, 1.54) is 42.7 Å². The predicted molar refractivity (Wildman–Crippen MR) is 338 cm³/mol. The fourth-order valence-corrected chi connectivity index (χ4v) is 11.9. The summed E-state index contributed by atoms with van der Waals surface area (Å²) in [5.41, 5.74) is 2.26. The van der Waals surface area contributed by atoms with Crippen LogP contribution in [-0.2, 0) is 166 Å². The average Bonchev–Trinajstić information content (AvgIpc) is 1.57. The minimum absolute atomic E-state index is 0.000211. The van der Waals surface area contributed by atoms with Gasteiger partial charge in [-0.2, -0.15) is 0 Å². The summed E-state index contributed by atoms with van der Waals surface area (Å²) in [7, 11) is 13.9. The van der Waals surface area contributed by atoms with E-state index >= 15 is 0 Å². The van der Waals surface area contributed by atoms with Gasteiger partial charge in [0, 0.05) is 38.5 Å². The molecule has 7 heterocycles. The molecule has 7 rings (SSSR count). The standard InChI is InChI=1S/C66H76N6O24/c1-85-43(73)19-13-31-37(25-49(79)91-7)61-62-39(27-51(81)93-9)33(15-21-45(75)87-3)57(69-62)58-35(17-23-47(77)89-5)41(29-53(83)95-11)65(71-58)66-42(30-54(84)96-12)36(18-24-48(78)90-6)60(72-66)59-34(16-22-46(76)88-4)40(28-52(82)94-10)64(70-59)63-38(26-50(80)92-8)32(14-20-44(74)86-2)56(68-63)55(31)67-61/h67-69,72H,13-30H2,1-12H3. The van der Waals surface area contributed by atoms with Gasteiger partial charge < -0.3 is 76.8 Å². The number of allylic oxidation sites excluding steroid dienone is 2. The van der Waals surface area contributed by atoms with Gasteiger partial charge in [-0.25, -0.2) is 9.97 Å². The first-order valence-electron chi connectivity index (χ1n) is 30.2. The smallest absolute Gasteiger partial charge is 0.310 e. The third-order valence-corrected chi connectivity index (χ3v) is 16.8. The van der Waals surface area contributed by atoms with Crippen LogP contribution in [0.25, 0.3) is 66.4 Å². The molecule has 0 fully saturated rings. The van der Waals surface area contributed by atoms with Crippen molar-refractivity contribution in [3.05, 3.63) is 67.3 Å². The first-order valence-corrected chi connectivity index (χ1v) is 30.2. The number of hydrogen-bond donors (Lipinski definition) is 4. The maximum absolute atomic E-state index is 14.1. The largest absolute Gasteiger partial charge is 0.469 e. The molecule has 30 heteroatoms. The van der Waals surface area contributed by atoms with Gasteiger partial charge in [-0.3, -0.25) is 57.5 Å². The van der Waals surface area contributed by atoms with E-state index in [0.29, 0.717) is 0 Å². The second-order valence-electron chi connectivity index (χ2n) is 21.8. The van der Waals surface area contributed by atoms with Crippen molar-refractivity contribution >= 4 is 138 Å². The number of carbonyl (C=O) groups is 12. The molecule has 0 radical (unpaired) electrons. The van der Waals surface area contributed by atoms with Crippen LogP contribution in [0.5, 0.6) is 0 Å². The molecule has 0 atom stereocenters. The highest BCUT2D eigenvalue weighted by Crippen LogP contribution is 2.47. The van der Waals surface area contributed by atoms with Crippen LogP contribution >= 0.6 is 0 Å². The fourth-order valence-electron chi connectivity index (χ4n) is 11.9. The van der Waals surface area contributed by atoms with Gasteiger partial charge in [-0.15, -0.1) is 0 Å². The number of aromatic nitrogens is 6. The van der Waals surface area contributed by atoms with Crippen LogP contribution in [0.4, 0.5) is 0 Å². The van der Waals surface area contributed by atoms with Crippen LogP contribution in [0.15, 0.2) is 0 Å². The summed E-state index contributed by atoms with van der Waals surface area (Å²) in [5.74, 6) is -9.14. The number of aromatic amines is 4. The number of H-pyrrole nitrogens is 4. The Kier molecular flexibility index (Phi) is 25.0. The number of ether oxygens (including phenoxy) is 12. The molecule has 2 aliphatic heterocycles. The van der Waals surface area contributed by atoms with E-state index < -0.39 is 110 Å². The summed E-state index contributed by atoms with van der Waals surface area (Å²) in [6, 6.07) is 0. The van der Waals surface area contributed by atoms with Gasteiger partial charge in [0.2, 0.25) is 0 Å². The van der Waals surface area contributed by atoms with Crippen LogP contribution < -0.4 is 0 Å². The van der Waals surface area contributed by atoms with Crippen molar-refractivity contribution < 1.29 is 114 Å². The van der Waals surface area contributed by atoms with Crippen LogP contribution in [0, 0.1) is 0 Å². The molecule has 0 amide bonds. The summed E-state index contributed by atoms with van der Waals surface area (Å²) >= 11 is 0. The van der Waals surface area contributed by atoms with E-state index in [-0.39, 0.29) is 211 Å². The molecule has 0 unspecified atom stereocenters. The molecular weight excluding hydrogens is 1260 g/mol. The summed E-state index contributed by atoms with van der Waals surface area (Å²) < 4.78 is 62.9. The highest BCUT2D eigenvalue weighted by molar-refractivity contribution is 6.11. The molecule has 0 saturated heterocycles. The number of hydrogen-bond acceptors (Lipinski definition) is 26. The fraction of sp³-hybridized carbons (Fsp3) is 0.455. The maximum atomic E-state index is 14.1. The summed E-state index contributed by atoms with van der Waals surface area (Å²) in [4.78, 5) is 190. The first-order chi connectivity index (χ1) is 46.0. The highest BCUT2D eigenvalue weighted by atomic mass is 16.6. The van der Waals surface area contributed by atoms with Crippen LogP contribution in [0.3, 0.4) is 0 Å². The number of esters is 12. The van der Waals surface area contributed by atoms with Crippen molar-refractivity contribution in [3.63, 3.8) is 0 Å². The van der Waals surface area contributed by atoms with E-state index in [4.69, 9.17) is 66.8 Å². The number of nitrogens with one attached hydrogen (secondary N) is 4. The van der Waals surface area contributed by atoms with Crippen molar-refractivity contribution in [2.45, 2.75) is 116 Å². The van der Waals surface area contributed by atoms with Crippen molar-refractivity contribution in [3.8, 4) is 0 Å². The van der Waals surface area contributed by atoms with Gasteiger partial charge in [-0.05, 0) is 105 Å². The van der Waals surface area contributed by atoms with Crippen LogP contribution in [-0.4, -0.2) is 187 Å². The zero-order chi connectivity index (χ0) is 70.2. The Labute approximate surface area is 548 Å². The topological polar surface area (TPSA) is 405 Å². The van der Waals surface area contributed by atoms with E-state index in [9.17, 15) is 57.5 Å². The third-order valence-electron chi connectivity index (χ3n) is 16.8. The molecule has 514 valence electrons. The van der Waals surface area contributed by atoms with Gasteiger partial charge >= 0.3 is 71.6 Å². The Balaban J connectivity index is 2.05. The Bertz CT molecular complexity index is 4210. The van der Waals surface area contributed by atoms with Gasteiger partial charge in [0.15, 0.2) is 0 Å². The maximum Gasteiger partial charge on any atom is 0.310 e. The molecule has 5 aromatic rings. The number of fused-ring (bicyclic) bond motifs is 18. The molecule has 2 aliphatic rings. The van der Waals surface area contributed by atoms with Crippen LogP contribution in [0.1, 0.15) is 131 Å². The molecule has 30 nitrogen and oxygen atoms in total. The van der Waals surface area contributed by atoms with Crippen molar-refractivity contribution in [1.29, 1.82) is 0 Å². The van der Waals surface area contributed by atoms with Gasteiger partial charge in [0.05, 0.1) is 191 Å². The van der Waals surface area contributed by atoms with Gasteiger partial charge in [-0.1, -0.05) is 0 Å². The molecule has 0 spiro atoms. The number of aryl methyl sites for hydroxylation is 4. The molecule has 0 aromatic carbocycles. The molecule has 96 heavy (non-hydrogen) atoms. The average molecular weight is 1340 g/mol. The summed E-state index contributed by atoms with van der Waals surface area (Å²) in [6.07, 6.45) is -6.98. The van der Waals surface area contributed by atoms with Crippen molar-refractivity contribution in [2.24, 2.45) is 0 Å². The second kappa shape index (κ2) is 32.9. The van der Waals surface area contributed by atoms with Gasteiger partial charge in [0.25, 0.3) is 0 Å². The first kappa shape index (κ1) is 72.7. The van der Waals surface area contributed by atoms with Crippen molar-refractivity contribution in [2.75, 3.05) is 85.3 Å². The lowest BCUT2D eigenvalue weighted by Gasteiger charge is -2.10. The number of methoxy groups -OCH3 is 12. The molecule has 5 aromatic heterocycles. The molecule has 0 saturated carbocycles.